The zero-order chi connectivity index (χ0) is 14.1. The van der Waals surface area contributed by atoms with Crippen molar-refractivity contribution in [2.45, 2.75) is 24.9 Å². The summed E-state index contributed by atoms with van der Waals surface area (Å²) in [6.45, 7) is 2.87. The summed E-state index contributed by atoms with van der Waals surface area (Å²) in [7, 11) is 0. The first kappa shape index (κ1) is 13.5. The minimum atomic E-state index is -0.226. The Hall–Kier alpha value is -1.46. The highest BCUT2D eigenvalue weighted by atomic mass is 19.1. The molecule has 2 fully saturated rings. The Morgan fingerprint density at radius 1 is 1.40 bits per heavy atom. The molecule has 2 N–H and O–H groups in total. The number of nitrogens with zero attached hydrogens (tertiary/aromatic N) is 2. The lowest BCUT2D eigenvalue weighted by Crippen LogP contribution is -2.53. The van der Waals surface area contributed by atoms with E-state index in [1.54, 1.807) is 12.1 Å². The number of halogens is 1. The highest BCUT2D eigenvalue weighted by Crippen LogP contribution is 2.28. The SMILES string of the molecule is NCC(c1cccc(F)c1)N1CCN2C(=O)CCC2C1. The fourth-order valence-corrected chi connectivity index (χ4v) is 3.38. The van der Waals surface area contributed by atoms with Gasteiger partial charge in [-0.1, -0.05) is 12.1 Å². The van der Waals surface area contributed by atoms with Crippen LogP contribution in [-0.4, -0.2) is 47.9 Å². The van der Waals surface area contributed by atoms with Crippen molar-refractivity contribution in [1.82, 2.24) is 9.80 Å². The van der Waals surface area contributed by atoms with Crippen molar-refractivity contribution in [1.29, 1.82) is 0 Å². The third-order valence-electron chi connectivity index (χ3n) is 4.42. The first-order valence-electron chi connectivity index (χ1n) is 7.18. The number of carbonyl (C=O) groups excluding carboxylic acids is 1. The molecule has 0 aromatic heterocycles. The van der Waals surface area contributed by atoms with Gasteiger partial charge < -0.3 is 10.6 Å². The molecule has 0 radical (unpaired) electrons. The number of carbonyl (C=O) groups is 1. The summed E-state index contributed by atoms with van der Waals surface area (Å²) in [6, 6.07) is 6.99. The molecule has 2 unspecified atom stereocenters. The molecule has 3 rings (SSSR count). The molecule has 1 amide bonds. The minimum absolute atomic E-state index is 0.0311. The lowest BCUT2D eigenvalue weighted by Gasteiger charge is -2.41. The number of hydrogen-bond acceptors (Lipinski definition) is 3. The Morgan fingerprint density at radius 2 is 2.25 bits per heavy atom. The highest BCUT2D eigenvalue weighted by Gasteiger charge is 2.37. The van der Waals surface area contributed by atoms with Crippen molar-refractivity contribution in [2.75, 3.05) is 26.2 Å². The molecule has 2 aliphatic heterocycles. The van der Waals surface area contributed by atoms with Gasteiger partial charge in [0.15, 0.2) is 0 Å². The lowest BCUT2D eigenvalue weighted by atomic mass is 10.0. The maximum atomic E-state index is 13.4. The van der Waals surface area contributed by atoms with Crippen LogP contribution in [0.1, 0.15) is 24.4 Å². The Balaban J connectivity index is 1.76. The maximum Gasteiger partial charge on any atom is 0.222 e. The molecule has 0 saturated carbocycles. The molecule has 5 heteroatoms. The van der Waals surface area contributed by atoms with Gasteiger partial charge in [-0.25, -0.2) is 4.39 Å². The zero-order valence-corrected chi connectivity index (χ0v) is 11.5. The molecule has 0 aliphatic carbocycles. The summed E-state index contributed by atoms with van der Waals surface area (Å²) < 4.78 is 13.4. The predicted octanol–water partition coefficient (Wildman–Crippen LogP) is 1.13. The van der Waals surface area contributed by atoms with Crippen LogP contribution in [0.25, 0.3) is 0 Å². The smallest absolute Gasteiger partial charge is 0.222 e. The first-order chi connectivity index (χ1) is 9.69. The average molecular weight is 277 g/mol. The quantitative estimate of drug-likeness (QED) is 0.901. The van der Waals surface area contributed by atoms with Crippen molar-refractivity contribution in [3.8, 4) is 0 Å². The summed E-state index contributed by atoms with van der Waals surface area (Å²) >= 11 is 0. The van der Waals surface area contributed by atoms with Crippen LogP contribution in [0.3, 0.4) is 0 Å². The number of nitrogens with two attached hydrogens (primary N) is 1. The van der Waals surface area contributed by atoms with E-state index >= 15 is 0 Å². The Bertz CT molecular complexity index is 508. The molecule has 1 aromatic rings. The fraction of sp³-hybridized carbons (Fsp3) is 0.533. The van der Waals surface area contributed by atoms with Gasteiger partial charge in [0.2, 0.25) is 5.91 Å². The van der Waals surface area contributed by atoms with E-state index in [0.717, 1.165) is 31.6 Å². The minimum Gasteiger partial charge on any atom is -0.337 e. The van der Waals surface area contributed by atoms with Gasteiger partial charge in [0.1, 0.15) is 5.82 Å². The molecule has 2 aliphatic rings. The van der Waals surface area contributed by atoms with Crippen molar-refractivity contribution in [3.63, 3.8) is 0 Å². The standard InChI is InChI=1S/C15H20FN3O/c16-12-3-1-2-11(8-12)14(9-17)18-6-7-19-13(10-18)4-5-15(19)20/h1-3,8,13-14H,4-7,9-10,17H2. The van der Waals surface area contributed by atoms with Gasteiger partial charge in [0.25, 0.3) is 0 Å². The van der Waals surface area contributed by atoms with Crippen molar-refractivity contribution >= 4 is 5.91 Å². The van der Waals surface area contributed by atoms with E-state index in [4.69, 9.17) is 5.73 Å². The van der Waals surface area contributed by atoms with Crippen LogP contribution < -0.4 is 5.73 Å². The number of piperazine rings is 1. The summed E-state index contributed by atoms with van der Waals surface area (Å²) in [4.78, 5) is 16.0. The molecule has 0 spiro atoms. The maximum absolute atomic E-state index is 13.4. The normalized spacial score (nSPS) is 24.8. The topological polar surface area (TPSA) is 49.6 Å². The molecular formula is C15H20FN3O. The largest absolute Gasteiger partial charge is 0.337 e. The van der Waals surface area contributed by atoms with Gasteiger partial charge in [-0.05, 0) is 24.1 Å². The van der Waals surface area contributed by atoms with Crippen LogP contribution in [0.15, 0.2) is 24.3 Å². The zero-order valence-electron chi connectivity index (χ0n) is 11.5. The average Bonchev–Trinajstić information content (AvgIpc) is 2.81. The fourth-order valence-electron chi connectivity index (χ4n) is 3.38. The van der Waals surface area contributed by atoms with Crippen molar-refractivity contribution in [2.24, 2.45) is 5.73 Å². The van der Waals surface area contributed by atoms with E-state index in [1.807, 2.05) is 11.0 Å². The highest BCUT2D eigenvalue weighted by molar-refractivity contribution is 5.78. The van der Waals surface area contributed by atoms with Gasteiger partial charge in [0, 0.05) is 44.7 Å². The summed E-state index contributed by atoms with van der Waals surface area (Å²) in [6.07, 6.45) is 1.58. The molecular weight excluding hydrogens is 257 g/mol. The third-order valence-corrected chi connectivity index (χ3v) is 4.42. The number of amides is 1. The van der Waals surface area contributed by atoms with E-state index in [2.05, 4.69) is 4.90 Å². The Labute approximate surface area is 118 Å². The predicted molar refractivity (Wildman–Crippen MR) is 74.5 cm³/mol. The van der Waals surface area contributed by atoms with E-state index in [0.29, 0.717) is 19.0 Å². The lowest BCUT2D eigenvalue weighted by molar-refractivity contribution is -0.131. The van der Waals surface area contributed by atoms with E-state index < -0.39 is 0 Å². The molecule has 0 bridgehead atoms. The van der Waals surface area contributed by atoms with Crippen LogP contribution in [0.2, 0.25) is 0 Å². The van der Waals surface area contributed by atoms with E-state index in [9.17, 15) is 9.18 Å². The molecule has 20 heavy (non-hydrogen) atoms. The van der Waals surface area contributed by atoms with Crippen LogP contribution >= 0.6 is 0 Å². The van der Waals surface area contributed by atoms with Crippen LogP contribution in [-0.2, 0) is 4.79 Å². The first-order valence-corrected chi connectivity index (χ1v) is 7.18. The molecule has 108 valence electrons. The molecule has 4 nitrogen and oxygen atoms in total. The second kappa shape index (κ2) is 5.50. The number of rotatable bonds is 3. The second-order valence-electron chi connectivity index (χ2n) is 5.58. The monoisotopic (exact) mass is 277 g/mol. The van der Waals surface area contributed by atoms with Crippen molar-refractivity contribution < 1.29 is 9.18 Å². The van der Waals surface area contributed by atoms with Gasteiger partial charge in [0.05, 0.1) is 0 Å². The molecule has 2 atom stereocenters. The second-order valence-corrected chi connectivity index (χ2v) is 5.58. The molecule has 2 heterocycles. The number of fused-ring (bicyclic) bond motifs is 1. The number of hydrogen-bond donors (Lipinski definition) is 1. The van der Waals surface area contributed by atoms with Crippen LogP contribution in [0.4, 0.5) is 4.39 Å². The summed E-state index contributed by atoms with van der Waals surface area (Å²) in [5.74, 6) is 0.0420. The number of benzene rings is 1. The summed E-state index contributed by atoms with van der Waals surface area (Å²) in [5.41, 5.74) is 6.83. The van der Waals surface area contributed by atoms with Crippen LogP contribution in [0.5, 0.6) is 0 Å². The van der Waals surface area contributed by atoms with E-state index in [-0.39, 0.29) is 17.8 Å². The third kappa shape index (κ3) is 2.43. The van der Waals surface area contributed by atoms with E-state index in [1.165, 1.54) is 6.07 Å². The van der Waals surface area contributed by atoms with Crippen molar-refractivity contribution in [3.05, 3.63) is 35.6 Å². The van der Waals surface area contributed by atoms with Crippen LogP contribution in [0, 0.1) is 5.82 Å². The van der Waals surface area contributed by atoms with Gasteiger partial charge in [-0.15, -0.1) is 0 Å². The molecule has 1 aromatic carbocycles. The summed E-state index contributed by atoms with van der Waals surface area (Å²) in [5, 5.41) is 0. The van der Waals surface area contributed by atoms with Gasteiger partial charge in [-0.2, -0.15) is 0 Å². The molecule has 2 saturated heterocycles. The Kier molecular flexibility index (Phi) is 3.72. The van der Waals surface area contributed by atoms with Gasteiger partial charge >= 0.3 is 0 Å². The van der Waals surface area contributed by atoms with Gasteiger partial charge in [-0.3, -0.25) is 9.69 Å². The Morgan fingerprint density at radius 3 is 3.00 bits per heavy atom.